The summed E-state index contributed by atoms with van der Waals surface area (Å²) in [5.41, 5.74) is 0.335. The lowest BCUT2D eigenvalue weighted by Crippen LogP contribution is -2.24. The van der Waals surface area contributed by atoms with Gasteiger partial charge in [0.2, 0.25) is 0 Å². The first-order chi connectivity index (χ1) is 9.54. The number of hydrogen-bond donors (Lipinski definition) is 2. The number of rotatable bonds is 2. The van der Waals surface area contributed by atoms with Crippen LogP contribution in [0.5, 0.6) is 0 Å². The fourth-order valence-corrected chi connectivity index (χ4v) is 2.40. The van der Waals surface area contributed by atoms with Gasteiger partial charge in [-0.2, -0.15) is 5.10 Å². The minimum atomic E-state index is -1.14. The van der Waals surface area contributed by atoms with E-state index in [9.17, 15) is 13.6 Å². The number of aromatic nitrogens is 2. The predicted molar refractivity (Wildman–Crippen MR) is 66.8 cm³/mol. The summed E-state index contributed by atoms with van der Waals surface area (Å²) >= 11 is 0. The summed E-state index contributed by atoms with van der Waals surface area (Å²) in [6.07, 6.45) is 0.566. The first-order valence-corrected chi connectivity index (χ1v) is 6.07. The third-order valence-electron chi connectivity index (χ3n) is 3.24. The zero-order valence-corrected chi connectivity index (χ0v) is 10.3. The molecule has 0 radical (unpaired) electrons. The number of carboxylic acids is 1. The molecule has 2 N–H and O–H groups in total. The van der Waals surface area contributed by atoms with E-state index < -0.39 is 17.6 Å². The van der Waals surface area contributed by atoms with Crippen LogP contribution in [-0.2, 0) is 0 Å². The van der Waals surface area contributed by atoms with E-state index in [1.54, 1.807) is 0 Å². The van der Waals surface area contributed by atoms with Crippen molar-refractivity contribution in [1.82, 2.24) is 9.78 Å². The zero-order chi connectivity index (χ0) is 14.3. The van der Waals surface area contributed by atoms with E-state index in [-0.39, 0.29) is 11.7 Å². The zero-order valence-electron chi connectivity index (χ0n) is 10.3. The molecule has 1 atom stereocenters. The fraction of sp³-hybridized carbons (Fsp3) is 0.231. The van der Waals surface area contributed by atoms with Crippen LogP contribution in [0.1, 0.15) is 28.5 Å². The maximum Gasteiger partial charge on any atom is 0.356 e. The fourth-order valence-electron chi connectivity index (χ4n) is 2.40. The van der Waals surface area contributed by atoms with Crippen molar-refractivity contribution in [3.8, 4) is 0 Å². The Morgan fingerprint density at radius 3 is 2.65 bits per heavy atom. The number of fused-ring (bicyclic) bond motifs is 1. The van der Waals surface area contributed by atoms with E-state index in [2.05, 4.69) is 10.4 Å². The van der Waals surface area contributed by atoms with Gasteiger partial charge in [0, 0.05) is 18.7 Å². The van der Waals surface area contributed by atoms with E-state index >= 15 is 0 Å². The van der Waals surface area contributed by atoms with Crippen molar-refractivity contribution in [2.45, 2.75) is 12.5 Å². The molecule has 0 amide bonds. The third kappa shape index (κ3) is 2.11. The first kappa shape index (κ1) is 12.6. The van der Waals surface area contributed by atoms with Crippen LogP contribution < -0.4 is 5.32 Å². The Kier molecular flexibility index (Phi) is 2.89. The van der Waals surface area contributed by atoms with E-state index in [1.807, 2.05) is 0 Å². The van der Waals surface area contributed by atoms with Gasteiger partial charge in [-0.3, -0.25) is 0 Å². The van der Waals surface area contributed by atoms with Gasteiger partial charge in [-0.25, -0.2) is 18.3 Å². The van der Waals surface area contributed by atoms with Crippen LogP contribution in [0, 0.1) is 11.6 Å². The van der Waals surface area contributed by atoms with Gasteiger partial charge in [-0.05, 0) is 24.1 Å². The number of aromatic carboxylic acids is 1. The number of carboxylic acid groups (broad SMARTS) is 1. The van der Waals surface area contributed by atoms with Crippen molar-refractivity contribution >= 4 is 11.8 Å². The molecule has 2 aromatic rings. The second-order valence-corrected chi connectivity index (χ2v) is 4.60. The summed E-state index contributed by atoms with van der Waals surface area (Å²) in [7, 11) is 0. The van der Waals surface area contributed by atoms with Crippen molar-refractivity contribution in [2.24, 2.45) is 0 Å². The summed E-state index contributed by atoms with van der Waals surface area (Å²) in [6.45, 7) is 0.577. The van der Waals surface area contributed by atoms with Crippen LogP contribution in [0.2, 0.25) is 0 Å². The molecule has 1 aliphatic heterocycles. The van der Waals surface area contributed by atoms with Gasteiger partial charge < -0.3 is 10.4 Å². The van der Waals surface area contributed by atoms with Crippen molar-refractivity contribution in [2.75, 3.05) is 11.9 Å². The molecule has 7 heteroatoms. The van der Waals surface area contributed by atoms with Crippen LogP contribution in [0.15, 0.2) is 24.3 Å². The summed E-state index contributed by atoms with van der Waals surface area (Å²) < 4.78 is 28.1. The first-order valence-electron chi connectivity index (χ1n) is 6.07. The average Bonchev–Trinajstić information content (AvgIpc) is 2.81. The molecule has 1 aromatic carbocycles. The van der Waals surface area contributed by atoms with Crippen LogP contribution in [0.3, 0.4) is 0 Å². The molecule has 1 aliphatic rings. The number of nitrogens with zero attached hydrogens (tertiary/aromatic N) is 2. The van der Waals surface area contributed by atoms with Crippen LogP contribution in [0.25, 0.3) is 0 Å². The van der Waals surface area contributed by atoms with Gasteiger partial charge in [0.25, 0.3) is 0 Å². The second-order valence-electron chi connectivity index (χ2n) is 4.60. The Morgan fingerprint density at radius 1 is 1.30 bits per heavy atom. The average molecular weight is 279 g/mol. The molecule has 5 nitrogen and oxygen atoms in total. The highest BCUT2D eigenvalue weighted by Crippen LogP contribution is 2.30. The van der Waals surface area contributed by atoms with E-state index in [1.165, 1.54) is 22.9 Å². The topological polar surface area (TPSA) is 67.1 Å². The van der Waals surface area contributed by atoms with Crippen LogP contribution in [0.4, 0.5) is 14.6 Å². The molecule has 0 spiro atoms. The molecule has 1 aromatic heterocycles. The van der Waals surface area contributed by atoms with Gasteiger partial charge in [0.05, 0.1) is 6.04 Å². The smallest absolute Gasteiger partial charge is 0.356 e. The molecule has 0 saturated heterocycles. The lowest BCUT2D eigenvalue weighted by atomic mass is 10.0. The van der Waals surface area contributed by atoms with Crippen molar-refractivity contribution in [3.05, 3.63) is 47.2 Å². The summed E-state index contributed by atoms with van der Waals surface area (Å²) in [5.74, 6) is -1.93. The second kappa shape index (κ2) is 4.59. The molecular weight excluding hydrogens is 268 g/mol. The number of halogens is 2. The number of anilines is 1. The molecule has 3 rings (SSSR count). The summed E-state index contributed by atoms with van der Waals surface area (Å²) in [4.78, 5) is 10.9. The molecule has 20 heavy (non-hydrogen) atoms. The predicted octanol–water partition coefficient (Wildman–Crippen LogP) is 2.26. The molecule has 0 bridgehead atoms. The Balaban J connectivity index is 2.06. The highest BCUT2D eigenvalue weighted by Gasteiger charge is 2.25. The van der Waals surface area contributed by atoms with Crippen LogP contribution in [-0.4, -0.2) is 27.4 Å². The van der Waals surface area contributed by atoms with Crippen molar-refractivity contribution in [1.29, 1.82) is 0 Å². The molecule has 0 saturated carbocycles. The highest BCUT2D eigenvalue weighted by atomic mass is 19.1. The minimum Gasteiger partial charge on any atom is -0.476 e. The molecule has 1 unspecified atom stereocenters. The van der Waals surface area contributed by atoms with Gasteiger partial charge in [-0.1, -0.05) is 0 Å². The van der Waals surface area contributed by atoms with Gasteiger partial charge in [-0.15, -0.1) is 0 Å². The van der Waals surface area contributed by atoms with E-state index in [0.717, 1.165) is 6.07 Å². The van der Waals surface area contributed by atoms with E-state index in [0.29, 0.717) is 24.3 Å². The maximum atomic E-state index is 13.3. The lowest BCUT2D eigenvalue weighted by Gasteiger charge is -2.26. The molecule has 0 fully saturated rings. The van der Waals surface area contributed by atoms with Gasteiger partial charge >= 0.3 is 5.97 Å². The van der Waals surface area contributed by atoms with Crippen molar-refractivity contribution < 1.29 is 18.7 Å². The third-order valence-corrected chi connectivity index (χ3v) is 3.24. The molecule has 104 valence electrons. The van der Waals surface area contributed by atoms with E-state index in [4.69, 9.17) is 5.11 Å². The highest BCUT2D eigenvalue weighted by molar-refractivity contribution is 5.86. The number of benzene rings is 1. The number of carbonyl (C=O) groups is 1. The molecule has 0 aliphatic carbocycles. The maximum absolute atomic E-state index is 13.3. The Morgan fingerprint density at radius 2 is 2.00 bits per heavy atom. The molecule has 2 heterocycles. The standard InChI is InChI=1S/C13H11F2N3O2/c14-8-3-7(4-9(15)5-8)11-1-2-16-12-6-10(13(19)20)17-18(11)12/h3-6,11,16H,1-2H2,(H,19,20). The summed E-state index contributed by atoms with van der Waals surface area (Å²) in [6, 6.07) is 4.31. The lowest BCUT2D eigenvalue weighted by molar-refractivity contribution is 0.0689. The molecular formula is C13H11F2N3O2. The van der Waals surface area contributed by atoms with Crippen molar-refractivity contribution in [3.63, 3.8) is 0 Å². The Labute approximate surface area is 112 Å². The Hall–Kier alpha value is -2.44. The summed E-state index contributed by atoms with van der Waals surface area (Å²) in [5, 5.41) is 15.9. The minimum absolute atomic E-state index is 0.101. The normalized spacial score (nSPS) is 17.4. The SMILES string of the molecule is O=C(O)c1cc2n(n1)C(c1cc(F)cc(F)c1)CCN2. The Bertz CT molecular complexity index is 664. The largest absolute Gasteiger partial charge is 0.476 e. The monoisotopic (exact) mass is 279 g/mol. The number of nitrogens with one attached hydrogen (secondary N) is 1. The van der Waals surface area contributed by atoms with Crippen LogP contribution >= 0.6 is 0 Å². The van der Waals surface area contributed by atoms with Gasteiger partial charge in [0.15, 0.2) is 5.69 Å². The van der Waals surface area contributed by atoms with Gasteiger partial charge in [0.1, 0.15) is 17.5 Å². The quantitative estimate of drug-likeness (QED) is 0.885. The number of hydrogen-bond acceptors (Lipinski definition) is 3.